The van der Waals surface area contributed by atoms with Gasteiger partial charge in [0.15, 0.2) is 5.11 Å². The van der Waals surface area contributed by atoms with Crippen molar-refractivity contribution in [3.05, 3.63) is 65.5 Å². The van der Waals surface area contributed by atoms with Gasteiger partial charge in [-0.3, -0.25) is 4.90 Å². The molecule has 2 aromatic carbocycles. The Hall–Kier alpha value is -2.02. The SMILES string of the molecule is CC(C)c1ccccc1NC(=S)N(CCCN1CCOCC1)Cc1cccc(F)c1. The Morgan fingerprint density at radius 1 is 1.17 bits per heavy atom. The molecule has 1 N–H and O–H groups in total. The number of para-hydroxylation sites is 1. The molecule has 1 fully saturated rings. The molecule has 1 heterocycles. The molecule has 0 radical (unpaired) electrons. The summed E-state index contributed by atoms with van der Waals surface area (Å²) in [7, 11) is 0. The van der Waals surface area contributed by atoms with Crippen LogP contribution in [0.5, 0.6) is 0 Å². The summed E-state index contributed by atoms with van der Waals surface area (Å²) in [5.41, 5.74) is 3.19. The van der Waals surface area contributed by atoms with Gasteiger partial charge >= 0.3 is 0 Å². The van der Waals surface area contributed by atoms with Gasteiger partial charge in [0, 0.05) is 38.4 Å². The molecule has 0 saturated carbocycles. The number of rotatable bonds is 8. The van der Waals surface area contributed by atoms with Gasteiger partial charge in [-0.05, 0) is 53.9 Å². The fraction of sp³-hybridized carbons (Fsp3) is 0.458. The van der Waals surface area contributed by atoms with E-state index in [-0.39, 0.29) is 5.82 Å². The second kappa shape index (κ2) is 11.4. The molecule has 3 rings (SSSR count). The monoisotopic (exact) mass is 429 g/mol. The first kappa shape index (κ1) is 22.7. The summed E-state index contributed by atoms with van der Waals surface area (Å²) in [6, 6.07) is 15.0. The molecule has 6 heteroatoms. The van der Waals surface area contributed by atoms with Crippen molar-refractivity contribution in [1.82, 2.24) is 9.80 Å². The minimum absolute atomic E-state index is 0.218. The molecule has 0 aliphatic carbocycles. The zero-order valence-corrected chi connectivity index (χ0v) is 18.8. The van der Waals surface area contributed by atoms with Gasteiger partial charge in [0.25, 0.3) is 0 Å². The summed E-state index contributed by atoms with van der Waals surface area (Å²) in [6.07, 6.45) is 0.989. The summed E-state index contributed by atoms with van der Waals surface area (Å²) >= 11 is 5.79. The fourth-order valence-corrected chi connectivity index (χ4v) is 3.99. The highest BCUT2D eigenvalue weighted by atomic mass is 32.1. The largest absolute Gasteiger partial charge is 0.379 e. The summed E-state index contributed by atoms with van der Waals surface area (Å²) in [5.74, 6) is 0.180. The summed E-state index contributed by atoms with van der Waals surface area (Å²) in [4.78, 5) is 4.57. The van der Waals surface area contributed by atoms with Crippen LogP contribution in [0.25, 0.3) is 0 Å². The van der Waals surface area contributed by atoms with Crippen molar-refractivity contribution in [1.29, 1.82) is 0 Å². The van der Waals surface area contributed by atoms with Gasteiger partial charge in [0.2, 0.25) is 0 Å². The molecule has 1 aliphatic heterocycles. The molecule has 1 saturated heterocycles. The highest BCUT2D eigenvalue weighted by molar-refractivity contribution is 7.80. The van der Waals surface area contributed by atoms with Gasteiger partial charge in [-0.25, -0.2) is 4.39 Å². The molecular formula is C24H32FN3OS. The summed E-state index contributed by atoms with van der Waals surface area (Å²) < 4.78 is 19.2. The lowest BCUT2D eigenvalue weighted by Crippen LogP contribution is -2.40. The van der Waals surface area contributed by atoms with Crippen molar-refractivity contribution in [3.63, 3.8) is 0 Å². The van der Waals surface area contributed by atoms with Crippen LogP contribution in [0.3, 0.4) is 0 Å². The first-order valence-electron chi connectivity index (χ1n) is 10.7. The van der Waals surface area contributed by atoms with Gasteiger partial charge in [-0.15, -0.1) is 0 Å². The number of thiocarbonyl (C=S) groups is 1. The van der Waals surface area contributed by atoms with E-state index in [0.717, 1.165) is 57.1 Å². The Kier molecular flexibility index (Phi) is 8.61. The lowest BCUT2D eigenvalue weighted by atomic mass is 10.0. The molecule has 0 unspecified atom stereocenters. The van der Waals surface area contributed by atoms with Crippen LogP contribution in [0.4, 0.5) is 10.1 Å². The Bertz CT molecular complexity index is 824. The lowest BCUT2D eigenvalue weighted by Gasteiger charge is -2.30. The van der Waals surface area contributed by atoms with E-state index in [0.29, 0.717) is 17.6 Å². The number of hydrogen-bond acceptors (Lipinski definition) is 3. The van der Waals surface area contributed by atoms with Crippen molar-refractivity contribution in [3.8, 4) is 0 Å². The molecule has 0 amide bonds. The number of ether oxygens (including phenoxy) is 1. The van der Waals surface area contributed by atoms with E-state index < -0.39 is 0 Å². The normalized spacial score (nSPS) is 14.7. The van der Waals surface area contributed by atoms with Crippen LogP contribution in [0, 0.1) is 5.82 Å². The lowest BCUT2D eigenvalue weighted by molar-refractivity contribution is 0.0368. The van der Waals surface area contributed by atoms with Crippen molar-refractivity contribution >= 4 is 23.0 Å². The van der Waals surface area contributed by atoms with Crippen molar-refractivity contribution in [2.75, 3.05) is 44.7 Å². The number of morpholine rings is 1. The van der Waals surface area contributed by atoms with E-state index in [4.69, 9.17) is 17.0 Å². The number of nitrogens with zero attached hydrogens (tertiary/aromatic N) is 2. The topological polar surface area (TPSA) is 27.7 Å². The Labute approximate surface area is 185 Å². The average molecular weight is 430 g/mol. The van der Waals surface area contributed by atoms with Crippen LogP contribution < -0.4 is 5.32 Å². The Morgan fingerprint density at radius 3 is 2.67 bits per heavy atom. The van der Waals surface area contributed by atoms with Crippen molar-refractivity contribution in [2.24, 2.45) is 0 Å². The second-order valence-corrected chi connectivity index (χ2v) is 8.42. The molecule has 162 valence electrons. The zero-order valence-electron chi connectivity index (χ0n) is 17.9. The van der Waals surface area contributed by atoms with E-state index in [1.807, 2.05) is 12.1 Å². The molecular weight excluding hydrogens is 397 g/mol. The third-order valence-electron chi connectivity index (χ3n) is 5.38. The first-order valence-corrected chi connectivity index (χ1v) is 11.1. The third-order valence-corrected chi connectivity index (χ3v) is 5.74. The molecule has 2 aromatic rings. The minimum atomic E-state index is -0.218. The number of nitrogens with one attached hydrogen (secondary N) is 1. The van der Waals surface area contributed by atoms with Gasteiger partial charge in [-0.2, -0.15) is 0 Å². The molecule has 0 bridgehead atoms. The molecule has 0 atom stereocenters. The Balaban J connectivity index is 1.68. The second-order valence-electron chi connectivity index (χ2n) is 8.03. The van der Waals surface area contributed by atoms with Gasteiger partial charge < -0.3 is 15.0 Å². The maximum absolute atomic E-state index is 13.7. The maximum atomic E-state index is 13.7. The maximum Gasteiger partial charge on any atom is 0.173 e. The van der Waals surface area contributed by atoms with E-state index in [9.17, 15) is 4.39 Å². The highest BCUT2D eigenvalue weighted by Crippen LogP contribution is 2.24. The average Bonchev–Trinajstić information content (AvgIpc) is 2.74. The molecule has 1 aliphatic rings. The summed E-state index contributed by atoms with van der Waals surface area (Å²) in [6.45, 7) is 10.3. The highest BCUT2D eigenvalue weighted by Gasteiger charge is 2.15. The van der Waals surface area contributed by atoms with Gasteiger partial charge in [0.05, 0.1) is 13.2 Å². The molecule has 0 aromatic heterocycles. The molecule has 30 heavy (non-hydrogen) atoms. The minimum Gasteiger partial charge on any atom is -0.379 e. The predicted octanol–water partition coefficient (Wildman–Crippen LogP) is 4.87. The van der Waals surface area contributed by atoms with Crippen molar-refractivity contribution in [2.45, 2.75) is 32.7 Å². The van der Waals surface area contributed by atoms with Gasteiger partial charge in [0.1, 0.15) is 5.82 Å². The zero-order chi connectivity index (χ0) is 21.3. The van der Waals surface area contributed by atoms with E-state index in [1.54, 1.807) is 12.1 Å². The van der Waals surface area contributed by atoms with Gasteiger partial charge in [-0.1, -0.05) is 44.2 Å². The van der Waals surface area contributed by atoms with Crippen molar-refractivity contribution < 1.29 is 9.13 Å². The Morgan fingerprint density at radius 2 is 1.93 bits per heavy atom. The quantitative estimate of drug-likeness (QED) is 0.605. The third kappa shape index (κ3) is 6.76. The first-order chi connectivity index (χ1) is 14.5. The van der Waals surface area contributed by atoms with Crippen LogP contribution in [0.1, 0.15) is 37.3 Å². The van der Waals surface area contributed by atoms with Crippen LogP contribution in [-0.4, -0.2) is 54.3 Å². The van der Waals surface area contributed by atoms with Crippen LogP contribution in [0.2, 0.25) is 0 Å². The van der Waals surface area contributed by atoms with Crippen LogP contribution >= 0.6 is 12.2 Å². The molecule has 0 spiro atoms. The predicted molar refractivity (Wildman–Crippen MR) is 125 cm³/mol. The van der Waals surface area contributed by atoms with Crippen LogP contribution in [0.15, 0.2) is 48.5 Å². The number of hydrogen-bond donors (Lipinski definition) is 1. The summed E-state index contributed by atoms with van der Waals surface area (Å²) in [5, 5.41) is 4.12. The van der Waals surface area contributed by atoms with E-state index in [2.05, 4.69) is 47.2 Å². The van der Waals surface area contributed by atoms with E-state index in [1.165, 1.54) is 11.6 Å². The fourth-order valence-electron chi connectivity index (χ4n) is 3.73. The van der Waals surface area contributed by atoms with Crippen LogP contribution in [-0.2, 0) is 11.3 Å². The standard InChI is InChI=1S/C24H32FN3OS/c1-19(2)22-9-3-4-10-23(22)26-24(30)28(18-20-7-5-8-21(25)17-20)12-6-11-27-13-15-29-16-14-27/h3-5,7-10,17,19H,6,11-16,18H2,1-2H3,(H,26,30). The smallest absolute Gasteiger partial charge is 0.173 e. The number of halogens is 1. The number of benzene rings is 2. The molecule has 4 nitrogen and oxygen atoms in total. The van der Waals surface area contributed by atoms with E-state index >= 15 is 0 Å². The number of anilines is 1.